The highest BCUT2D eigenvalue weighted by atomic mass is 16.1. The highest BCUT2D eigenvalue weighted by Crippen LogP contribution is 2.21. The maximum atomic E-state index is 12.8. The molecular weight excluding hydrogens is 336 g/mol. The monoisotopic (exact) mass is 360 g/mol. The van der Waals surface area contributed by atoms with Crippen LogP contribution in [0.4, 0.5) is 11.5 Å². The molecule has 1 amide bonds. The first-order valence-corrected chi connectivity index (χ1v) is 8.91. The predicted molar refractivity (Wildman–Crippen MR) is 110 cm³/mol. The quantitative estimate of drug-likeness (QED) is 0.693. The number of nitrogens with zero attached hydrogens (tertiary/aromatic N) is 2. The third-order valence-electron chi connectivity index (χ3n) is 3.77. The number of aryl methyl sites for hydroxylation is 1. The van der Waals surface area contributed by atoms with Gasteiger partial charge in [-0.25, -0.2) is 9.97 Å². The number of benzene rings is 2. The van der Waals surface area contributed by atoms with Crippen molar-refractivity contribution in [3.8, 4) is 11.4 Å². The Morgan fingerprint density at radius 3 is 2.33 bits per heavy atom. The zero-order valence-corrected chi connectivity index (χ0v) is 16.1. The highest BCUT2D eigenvalue weighted by molar-refractivity contribution is 6.03. The largest absolute Gasteiger partial charge is 0.365 e. The number of nitrogens with one attached hydrogen (secondary N) is 2. The van der Waals surface area contributed by atoms with Gasteiger partial charge in [-0.2, -0.15) is 0 Å². The van der Waals surface area contributed by atoms with Gasteiger partial charge in [0.05, 0.1) is 0 Å². The summed E-state index contributed by atoms with van der Waals surface area (Å²) in [6, 6.07) is 19.0. The minimum atomic E-state index is -0.267. The van der Waals surface area contributed by atoms with E-state index < -0.39 is 0 Å². The predicted octanol–water partition coefficient (Wildman–Crippen LogP) is 4.91. The van der Waals surface area contributed by atoms with Crippen molar-refractivity contribution in [2.45, 2.75) is 33.2 Å². The van der Waals surface area contributed by atoms with Gasteiger partial charge in [-0.05, 0) is 45.4 Å². The van der Waals surface area contributed by atoms with Crippen LogP contribution < -0.4 is 10.6 Å². The van der Waals surface area contributed by atoms with Gasteiger partial charge in [0.1, 0.15) is 11.5 Å². The van der Waals surface area contributed by atoms with Gasteiger partial charge in [-0.1, -0.05) is 42.5 Å². The van der Waals surface area contributed by atoms with Gasteiger partial charge in [-0.15, -0.1) is 0 Å². The summed E-state index contributed by atoms with van der Waals surface area (Å²) in [5.74, 6) is 0.863. The number of anilines is 2. The van der Waals surface area contributed by atoms with Crippen LogP contribution in [0.1, 0.15) is 36.8 Å². The van der Waals surface area contributed by atoms with Gasteiger partial charge in [0, 0.05) is 22.9 Å². The molecule has 5 nitrogen and oxygen atoms in total. The van der Waals surface area contributed by atoms with Gasteiger partial charge < -0.3 is 10.6 Å². The molecule has 0 fully saturated rings. The Morgan fingerprint density at radius 1 is 0.926 bits per heavy atom. The lowest BCUT2D eigenvalue weighted by atomic mass is 10.1. The number of carbonyl (C=O) groups is 1. The molecule has 3 rings (SSSR count). The van der Waals surface area contributed by atoms with Crippen molar-refractivity contribution in [3.63, 3.8) is 0 Å². The van der Waals surface area contributed by atoms with Crippen LogP contribution in [0.2, 0.25) is 0 Å². The smallest absolute Gasteiger partial charge is 0.274 e. The molecule has 27 heavy (non-hydrogen) atoms. The van der Waals surface area contributed by atoms with E-state index in [-0.39, 0.29) is 11.4 Å². The van der Waals surface area contributed by atoms with Crippen molar-refractivity contribution in [1.82, 2.24) is 9.97 Å². The summed E-state index contributed by atoms with van der Waals surface area (Å²) in [4.78, 5) is 21.9. The molecule has 1 heterocycles. The van der Waals surface area contributed by atoms with Gasteiger partial charge in [0.2, 0.25) is 0 Å². The molecule has 5 heteroatoms. The summed E-state index contributed by atoms with van der Waals surface area (Å²) >= 11 is 0. The van der Waals surface area contributed by atoms with E-state index in [2.05, 4.69) is 20.6 Å². The van der Waals surface area contributed by atoms with E-state index in [0.717, 1.165) is 16.8 Å². The Balaban J connectivity index is 1.97. The van der Waals surface area contributed by atoms with Gasteiger partial charge in [0.15, 0.2) is 5.82 Å². The van der Waals surface area contributed by atoms with E-state index >= 15 is 0 Å². The second-order valence-corrected chi connectivity index (χ2v) is 7.53. The zero-order chi connectivity index (χ0) is 19.4. The van der Waals surface area contributed by atoms with Crippen molar-refractivity contribution in [1.29, 1.82) is 0 Å². The minimum Gasteiger partial charge on any atom is -0.365 e. The summed E-state index contributed by atoms with van der Waals surface area (Å²) in [5, 5.41) is 6.24. The second kappa shape index (κ2) is 7.58. The number of hydrogen-bond donors (Lipinski definition) is 2. The maximum Gasteiger partial charge on any atom is 0.274 e. The Hall–Kier alpha value is -3.21. The summed E-state index contributed by atoms with van der Waals surface area (Å²) in [6.07, 6.45) is 0. The molecule has 0 spiro atoms. The van der Waals surface area contributed by atoms with Gasteiger partial charge in [-0.3, -0.25) is 4.79 Å². The van der Waals surface area contributed by atoms with Crippen LogP contribution in [-0.4, -0.2) is 21.4 Å². The summed E-state index contributed by atoms with van der Waals surface area (Å²) in [5.41, 5.74) is 2.81. The molecule has 0 saturated heterocycles. The molecular formula is C22H24N4O. The standard InChI is InChI=1S/C22H24N4O/c1-15-9-8-12-17(13-15)23-21(27)18-14-19(26-22(2,3)4)25-20(24-18)16-10-6-5-7-11-16/h5-14H,1-4H3,(H,23,27)(H,24,25,26). The lowest BCUT2D eigenvalue weighted by Crippen LogP contribution is -2.27. The Kier molecular flexibility index (Phi) is 5.21. The zero-order valence-electron chi connectivity index (χ0n) is 16.1. The normalized spacial score (nSPS) is 11.1. The number of amides is 1. The summed E-state index contributed by atoms with van der Waals surface area (Å²) < 4.78 is 0. The topological polar surface area (TPSA) is 66.9 Å². The number of carbonyl (C=O) groups excluding carboxylic acids is 1. The highest BCUT2D eigenvalue weighted by Gasteiger charge is 2.17. The molecule has 0 aliphatic rings. The molecule has 3 aromatic rings. The third kappa shape index (κ3) is 5.14. The maximum absolute atomic E-state index is 12.8. The fourth-order valence-electron chi connectivity index (χ4n) is 2.65. The SMILES string of the molecule is Cc1cccc(NC(=O)c2cc(NC(C)(C)C)nc(-c3ccccc3)n2)c1. The van der Waals surface area contributed by atoms with Crippen molar-refractivity contribution in [3.05, 3.63) is 71.9 Å². The van der Waals surface area contributed by atoms with Crippen LogP contribution in [0.25, 0.3) is 11.4 Å². The number of aromatic nitrogens is 2. The van der Waals surface area contributed by atoms with Gasteiger partial charge in [0.25, 0.3) is 5.91 Å². The molecule has 0 unspecified atom stereocenters. The third-order valence-corrected chi connectivity index (χ3v) is 3.77. The fraction of sp³-hybridized carbons (Fsp3) is 0.227. The average Bonchev–Trinajstić information content (AvgIpc) is 2.61. The van der Waals surface area contributed by atoms with Crippen LogP contribution >= 0.6 is 0 Å². The Morgan fingerprint density at radius 2 is 1.67 bits per heavy atom. The van der Waals surface area contributed by atoms with Gasteiger partial charge >= 0.3 is 0 Å². The molecule has 0 aliphatic heterocycles. The first-order chi connectivity index (χ1) is 12.8. The summed E-state index contributed by atoms with van der Waals surface area (Å²) in [6.45, 7) is 8.12. The van der Waals surface area contributed by atoms with Crippen LogP contribution in [0.15, 0.2) is 60.7 Å². The molecule has 0 atom stereocenters. The molecule has 2 N–H and O–H groups in total. The molecule has 0 radical (unpaired) electrons. The van der Waals surface area contributed by atoms with E-state index in [1.165, 1.54) is 0 Å². The van der Waals surface area contributed by atoms with E-state index in [9.17, 15) is 4.79 Å². The lowest BCUT2D eigenvalue weighted by Gasteiger charge is -2.22. The Bertz CT molecular complexity index is 946. The van der Waals surface area contributed by atoms with E-state index in [4.69, 9.17) is 0 Å². The second-order valence-electron chi connectivity index (χ2n) is 7.53. The molecule has 0 aliphatic carbocycles. The van der Waals surface area contributed by atoms with Crippen molar-refractivity contribution in [2.75, 3.05) is 10.6 Å². The van der Waals surface area contributed by atoms with Crippen LogP contribution in [0, 0.1) is 6.92 Å². The van der Waals surface area contributed by atoms with Crippen LogP contribution in [0.5, 0.6) is 0 Å². The van der Waals surface area contributed by atoms with E-state index in [1.54, 1.807) is 6.07 Å². The van der Waals surface area contributed by atoms with Crippen molar-refractivity contribution < 1.29 is 4.79 Å². The van der Waals surface area contributed by atoms with Crippen LogP contribution in [-0.2, 0) is 0 Å². The number of hydrogen-bond acceptors (Lipinski definition) is 4. The van der Waals surface area contributed by atoms with Crippen molar-refractivity contribution in [2.24, 2.45) is 0 Å². The van der Waals surface area contributed by atoms with E-state index in [1.807, 2.05) is 82.3 Å². The first kappa shape index (κ1) is 18.6. The van der Waals surface area contributed by atoms with Crippen LogP contribution in [0.3, 0.4) is 0 Å². The molecule has 2 aromatic carbocycles. The average molecular weight is 360 g/mol. The van der Waals surface area contributed by atoms with E-state index in [0.29, 0.717) is 17.3 Å². The lowest BCUT2D eigenvalue weighted by molar-refractivity contribution is 0.102. The minimum absolute atomic E-state index is 0.188. The molecule has 138 valence electrons. The molecule has 0 bridgehead atoms. The Labute approximate surface area is 159 Å². The van der Waals surface area contributed by atoms with Crippen molar-refractivity contribution >= 4 is 17.4 Å². The summed E-state index contributed by atoms with van der Waals surface area (Å²) in [7, 11) is 0. The first-order valence-electron chi connectivity index (χ1n) is 8.91. The molecule has 1 aromatic heterocycles. The molecule has 0 saturated carbocycles. The fourth-order valence-corrected chi connectivity index (χ4v) is 2.65. The number of rotatable bonds is 4.